The molecule has 16 heavy (non-hydrogen) atoms. The van der Waals surface area contributed by atoms with E-state index in [0.717, 1.165) is 32.1 Å². The number of nitrogens with zero attached hydrogens (tertiary/aromatic N) is 1. The lowest BCUT2D eigenvalue weighted by molar-refractivity contribution is -0.150. The topological polar surface area (TPSA) is 50.1 Å². The van der Waals surface area contributed by atoms with Gasteiger partial charge in [0.2, 0.25) is 0 Å². The van der Waals surface area contributed by atoms with Crippen molar-refractivity contribution >= 4 is 5.97 Å². The van der Waals surface area contributed by atoms with Crippen molar-refractivity contribution in [2.45, 2.75) is 45.1 Å². The normalized spacial score (nSPS) is 26.5. The van der Waals surface area contributed by atoms with Crippen molar-refractivity contribution in [1.29, 1.82) is 5.26 Å². The molecule has 0 bridgehead atoms. The van der Waals surface area contributed by atoms with Gasteiger partial charge in [-0.15, -0.1) is 0 Å². The highest BCUT2D eigenvalue weighted by Gasteiger charge is 2.35. The third-order valence-corrected chi connectivity index (χ3v) is 3.39. The molecule has 1 fully saturated rings. The van der Waals surface area contributed by atoms with E-state index >= 15 is 0 Å². The van der Waals surface area contributed by atoms with Gasteiger partial charge in [0.1, 0.15) is 6.07 Å². The minimum Gasteiger partial charge on any atom is -0.446 e. The zero-order valence-electron chi connectivity index (χ0n) is 9.61. The number of ether oxygens (including phenoxy) is 1. The number of allylic oxidation sites excluding steroid dienone is 2. The van der Waals surface area contributed by atoms with E-state index < -0.39 is 6.10 Å². The fourth-order valence-corrected chi connectivity index (χ4v) is 2.03. The zero-order chi connectivity index (χ0) is 11.5. The second-order valence-corrected chi connectivity index (χ2v) is 4.85. The fraction of sp³-hybridized carbons (Fsp3) is 0.692. The molecule has 0 spiro atoms. The first-order chi connectivity index (χ1) is 7.70. The summed E-state index contributed by atoms with van der Waals surface area (Å²) in [6.07, 6.45) is 6.31. The van der Waals surface area contributed by atoms with Crippen LogP contribution < -0.4 is 0 Å². The van der Waals surface area contributed by atoms with Gasteiger partial charge in [-0.1, -0.05) is 11.6 Å². The van der Waals surface area contributed by atoms with Crippen molar-refractivity contribution in [2.24, 2.45) is 11.8 Å². The van der Waals surface area contributed by atoms with Gasteiger partial charge in [-0.25, -0.2) is 0 Å². The number of carbonyl (C=O) groups is 1. The van der Waals surface area contributed by atoms with Crippen LogP contribution in [0.3, 0.4) is 0 Å². The van der Waals surface area contributed by atoms with Gasteiger partial charge in [-0.05, 0) is 39.0 Å². The van der Waals surface area contributed by atoms with Gasteiger partial charge in [0.25, 0.3) is 0 Å². The molecule has 0 heterocycles. The summed E-state index contributed by atoms with van der Waals surface area (Å²) in [5.41, 5.74) is 1.38. The predicted octanol–water partition coefficient (Wildman–Crippen LogP) is 2.58. The Bertz CT molecular complexity index is 349. The molecule has 0 aliphatic heterocycles. The lowest BCUT2D eigenvalue weighted by Crippen LogP contribution is -2.27. The third-order valence-electron chi connectivity index (χ3n) is 3.39. The van der Waals surface area contributed by atoms with E-state index in [0.29, 0.717) is 0 Å². The average molecular weight is 219 g/mol. The summed E-state index contributed by atoms with van der Waals surface area (Å²) in [6.45, 7) is 2.10. The summed E-state index contributed by atoms with van der Waals surface area (Å²) in [7, 11) is 0. The molecule has 2 aliphatic carbocycles. The van der Waals surface area contributed by atoms with Crippen molar-refractivity contribution in [3.05, 3.63) is 11.6 Å². The smallest absolute Gasteiger partial charge is 0.310 e. The van der Waals surface area contributed by atoms with Gasteiger partial charge < -0.3 is 4.74 Å². The van der Waals surface area contributed by atoms with Gasteiger partial charge >= 0.3 is 5.97 Å². The monoisotopic (exact) mass is 219 g/mol. The van der Waals surface area contributed by atoms with Crippen molar-refractivity contribution < 1.29 is 9.53 Å². The highest BCUT2D eigenvalue weighted by Crippen LogP contribution is 2.33. The van der Waals surface area contributed by atoms with Crippen LogP contribution in [-0.4, -0.2) is 12.1 Å². The Hall–Kier alpha value is -1.30. The van der Waals surface area contributed by atoms with Crippen LogP contribution in [0.2, 0.25) is 0 Å². The van der Waals surface area contributed by atoms with Crippen molar-refractivity contribution in [1.82, 2.24) is 0 Å². The third kappa shape index (κ3) is 2.63. The summed E-state index contributed by atoms with van der Waals surface area (Å²) in [5, 5.41) is 9.05. The highest BCUT2D eigenvalue weighted by molar-refractivity contribution is 5.75. The maximum absolute atomic E-state index is 11.5. The van der Waals surface area contributed by atoms with E-state index in [-0.39, 0.29) is 17.8 Å². The van der Waals surface area contributed by atoms with Crippen LogP contribution in [0.25, 0.3) is 0 Å². The Kier molecular flexibility index (Phi) is 3.28. The van der Waals surface area contributed by atoms with Gasteiger partial charge in [0, 0.05) is 5.92 Å². The van der Waals surface area contributed by atoms with E-state index in [1.807, 2.05) is 0 Å². The van der Waals surface area contributed by atoms with Crippen molar-refractivity contribution in [3.8, 4) is 6.07 Å². The second kappa shape index (κ2) is 4.69. The van der Waals surface area contributed by atoms with Gasteiger partial charge in [0.05, 0.1) is 5.92 Å². The molecule has 86 valence electrons. The Morgan fingerprint density at radius 2 is 2.31 bits per heavy atom. The minimum absolute atomic E-state index is 0.0803. The standard InChI is InChI=1S/C13H17NO2/c1-9-2-4-10(5-3-9)12(8-14)16-13(15)11-6-7-11/h2,10-12H,3-7H2,1H3. The van der Waals surface area contributed by atoms with Crippen LogP contribution in [0.5, 0.6) is 0 Å². The van der Waals surface area contributed by atoms with Crippen LogP contribution in [-0.2, 0) is 9.53 Å². The molecule has 0 saturated heterocycles. The van der Waals surface area contributed by atoms with Crippen LogP contribution in [0.15, 0.2) is 11.6 Å². The molecular formula is C13H17NO2. The lowest BCUT2D eigenvalue weighted by Gasteiger charge is -2.24. The molecular weight excluding hydrogens is 202 g/mol. The SMILES string of the molecule is CC1=CCC(C(C#N)OC(=O)C2CC2)CC1. The van der Waals surface area contributed by atoms with E-state index in [1.165, 1.54) is 5.57 Å². The molecule has 0 amide bonds. The lowest BCUT2D eigenvalue weighted by atomic mass is 9.86. The maximum Gasteiger partial charge on any atom is 0.310 e. The molecule has 0 aromatic heterocycles. The molecule has 2 rings (SSSR count). The molecule has 0 radical (unpaired) electrons. The van der Waals surface area contributed by atoms with E-state index in [2.05, 4.69) is 19.1 Å². The zero-order valence-corrected chi connectivity index (χ0v) is 9.61. The molecule has 2 unspecified atom stereocenters. The fourth-order valence-electron chi connectivity index (χ4n) is 2.03. The van der Waals surface area contributed by atoms with Crippen LogP contribution >= 0.6 is 0 Å². The molecule has 1 saturated carbocycles. The van der Waals surface area contributed by atoms with Crippen molar-refractivity contribution in [2.75, 3.05) is 0 Å². The largest absolute Gasteiger partial charge is 0.446 e. The Balaban J connectivity index is 1.89. The van der Waals surface area contributed by atoms with E-state index in [9.17, 15) is 4.79 Å². The Morgan fingerprint density at radius 1 is 1.56 bits per heavy atom. The summed E-state index contributed by atoms with van der Waals surface area (Å²) >= 11 is 0. The number of hydrogen-bond donors (Lipinski definition) is 0. The molecule has 3 nitrogen and oxygen atoms in total. The van der Waals surface area contributed by atoms with Gasteiger partial charge in [0.15, 0.2) is 6.10 Å². The Morgan fingerprint density at radius 3 is 2.81 bits per heavy atom. The number of carbonyl (C=O) groups excluding carboxylic acids is 1. The van der Waals surface area contributed by atoms with Crippen molar-refractivity contribution in [3.63, 3.8) is 0 Å². The van der Waals surface area contributed by atoms with E-state index in [4.69, 9.17) is 10.00 Å². The van der Waals surface area contributed by atoms with Crippen LogP contribution in [0, 0.1) is 23.2 Å². The van der Waals surface area contributed by atoms with Crippen LogP contribution in [0.1, 0.15) is 39.0 Å². The quantitative estimate of drug-likeness (QED) is 0.541. The van der Waals surface area contributed by atoms with Crippen LogP contribution in [0.4, 0.5) is 0 Å². The number of rotatable bonds is 3. The first kappa shape index (κ1) is 11.2. The predicted molar refractivity (Wildman–Crippen MR) is 59.3 cm³/mol. The van der Waals surface area contributed by atoms with Gasteiger partial charge in [-0.2, -0.15) is 5.26 Å². The summed E-state index contributed by atoms with van der Waals surface area (Å²) in [6, 6.07) is 2.13. The van der Waals surface area contributed by atoms with Gasteiger partial charge in [-0.3, -0.25) is 4.79 Å². The minimum atomic E-state index is -0.544. The summed E-state index contributed by atoms with van der Waals surface area (Å²) in [5.74, 6) is 0.103. The molecule has 2 aliphatic rings. The number of hydrogen-bond acceptors (Lipinski definition) is 3. The number of nitriles is 1. The molecule has 2 atom stereocenters. The summed E-state index contributed by atoms with van der Waals surface area (Å²) in [4.78, 5) is 11.5. The molecule has 0 aromatic rings. The molecule has 3 heteroatoms. The maximum atomic E-state index is 11.5. The first-order valence-corrected chi connectivity index (χ1v) is 5.96. The molecule has 0 aromatic carbocycles. The highest BCUT2D eigenvalue weighted by atomic mass is 16.5. The first-order valence-electron chi connectivity index (χ1n) is 5.96. The number of esters is 1. The molecule has 0 N–H and O–H groups in total. The second-order valence-electron chi connectivity index (χ2n) is 4.85. The Labute approximate surface area is 96.1 Å². The van der Waals surface area contributed by atoms with E-state index in [1.54, 1.807) is 0 Å². The average Bonchev–Trinajstić information content (AvgIpc) is 3.11. The summed E-state index contributed by atoms with van der Waals surface area (Å²) < 4.78 is 5.27.